The first-order valence-electron chi connectivity index (χ1n) is 15.2. The van der Waals surface area contributed by atoms with E-state index in [0.29, 0.717) is 11.8 Å². The van der Waals surface area contributed by atoms with Crippen LogP contribution in [0.4, 0.5) is 0 Å². The number of nitrogens with one attached hydrogen (secondary N) is 1. The topological polar surface area (TPSA) is 51.0 Å². The van der Waals surface area contributed by atoms with Crippen LogP contribution in [-0.2, 0) is 29.6 Å². The van der Waals surface area contributed by atoms with Crippen LogP contribution in [0.5, 0.6) is 0 Å². The molecule has 42 heavy (non-hydrogen) atoms. The van der Waals surface area contributed by atoms with Gasteiger partial charge in [-0.1, -0.05) is 128 Å². The molecule has 1 unspecified atom stereocenters. The van der Waals surface area contributed by atoms with E-state index in [0.717, 1.165) is 60.8 Å². The lowest BCUT2D eigenvalue weighted by atomic mass is 9.80. The number of H-pyrrole nitrogens is 1. The van der Waals surface area contributed by atoms with Crippen molar-refractivity contribution in [1.29, 1.82) is 0 Å². The number of benzene rings is 3. The van der Waals surface area contributed by atoms with E-state index >= 15 is 0 Å². The molecule has 4 nitrogen and oxygen atoms in total. The van der Waals surface area contributed by atoms with Crippen molar-refractivity contribution in [3.8, 4) is 22.6 Å². The molecule has 1 aliphatic rings. The minimum atomic E-state index is -0.141. The predicted octanol–water partition coefficient (Wildman–Crippen LogP) is 10.4. The molecule has 4 heteroatoms. The Labute approximate surface area is 252 Å². The molecule has 5 aromatic rings. The zero-order valence-electron chi connectivity index (χ0n) is 25.5. The summed E-state index contributed by atoms with van der Waals surface area (Å²) < 4.78 is 12.3. The molecule has 1 atom stereocenters. The molecule has 1 N–H and O–H groups in total. The normalized spacial score (nSPS) is 16.2. The first-order chi connectivity index (χ1) is 19.9. The predicted molar refractivity (Wildman–Crippen MR) is 177 cm³/mol. The van der Waals surface area contributed by atoms with Crippen molar-refractivity contribution < 1.29 is 9.15 Å². The van der Waals surface area contributed by atoms with Crippen molar-refractivity contribution in [1.82, 2.24) is 9.97 Å². The highest BCUT2D eigenvalue weighted by Crippen LogP contribution is 2.44. The molecule has 3 aromatic carbocycles. The van der Waals surface area contributed by atoms with Gasteiger partial charge < -0.3 is 14.1 Å². The Hall–Kier alpha value is -3.63. The van der Waals surface area contributed by atoms with Gasteiger partial charge in [0.2, 0.25) is 0 Å². The van der Waals surface area contributed by atoms with Gasteiger partial charge in [0, 0.05) is 28.5 Å². The Balaban J connectivity index is 0.000000189. The van der Waals surface area contributed by atoms with E-state index in [1.165, 1.54) is 27.7 Å². The van der Waals surface area contributed by atoms with Crippen molar-refractivity contribution in [3.05, 3.63) is 102 Å². The summed E-state index contributed by atoms with van der Waals surface area (Å²) in [5, 5.41) is 1.40. The SMILES string of the molecule is C.CC(C)Cc1nc(-c2ccccc2)c(-c2ccccc2)o1.CCc1cccc2c3c([nH]c12)C(CC)(C(C)C)OCC3. The van der Waals surface area contributed by atoms with Gasteiger partial charge in [-0.25, -0.2) is 4.98 Å². The van der Waals surface area contributed by atoms with Crippen LogP contribution < -0.4 is 0 Å². The number of nitrogens with zero attached hydrogens (tertiary/aromatic N) is 1. The third kappa shape index (κ3) is 6.10. The van der Waals surface area contributed by atoms with Crippen LogP contribution in [0.25, 0.3) is 33.5 Å². The zero-order chi connectivity index (χ0) is 29.0. The number of rotatable bonds is 7. The Morgan fingerprint density at radius 1 is 0.857 bits per heavy atom. The third-order valence-electron chi connectivity index (χ3n) is 8.34. The maximum Gasteiger partial charge on any atom is 0.195 e. The van der Waals surface area contributed by atoms with Crippen molar-refractivity contribution >= 4 is 10.9 Å². The minimum Gasteiger partial charge on any atom is -0.440 e. The fraction of sp³-hybridized carbons (Fsp3) is 0.395. The molecule has 0 fully saturated rings. The van der Waals surface area contributed by atoms with Gasteiger partial charge >= 0.3 is 0 Å². The second-order valence-corrected chi connectivity index (χ2v) is 11.8. The summed E-state index contributed by atoms with van der Waals surface area (Å²) in [5.74, 6) is 2.67. The van der Waals surface area contributed by atoms with Gasteiger partial charge in [0.05, 0.1) is 12.3 Å². The zero-order valence-corrected chi connectivity index (χ0v) is 25.5. The number of para-hydroxylation sites is 1. The molecule has 0 aliphatic carbocycles. The largest absolute Gasteiger partial charge is 0.440 e. The molecule has 6 rings (SSSR count). The van der Waals surface area contributed by atoms with E-state index in [9.17, 15) is 0 Å². The number of aryl methyl sites for hydroxylation is 1. The summed E-state index contributed by atoms with van der Waals surface area (Å²) in [6, 6.07) is 27.1. The average molecular weight is 565 g/mol. The first kappa shape index (κ1) is 31.3. The van der Waals surface area contributed by atoms with Crippen molar-refractivity contribution in [3.63, 3.8) is 0 Å². The molecule has 3 heterocycles. The molecular formula is C38H48N2O2. The molecule has 0 amide bonds. The molecule has 0 spiro atoms. The van der Waals surface area contributed by atoms with Crippen LogP contribution in [0, 0.1) is 11.8 Å². The van der Waals surface area contributed by atoms with E-state index in [-0.39, 0.29) is 13.0 Å². The molecule has 0 radical (unpaired) electrons. The van der Waals surface area contributed by atoms with Crippen molar-refractivity contribution in [2.45, 2.75) is 80.3 Å². The number of hydrogen-bond donors (Lipinski definition) is 1. The number of aromatic nitrogens is 2. The highest BCUT2D eigenvalue weighted by Gasteiger charge is 2.41. The standard InChI is InChI=1S/C19H19NO.C18H25NO.CH4/c1-14(2)13-17-20-18(15-9-5-3-6-10-15)19(21-17)16-11-7-4-8-12-16;1-5-13-8-7-9-14-15-10-11-20-18(6-2,12(3)4)17(15)19-16(13)14;/h3-12,14H,13H2,1-2H3;7-9,12,19H,5-6,10-11H2,1-4H3;1H4. The van der Waals surface area contributed by atoms with Crippen LogP contribution in [0.2, 0.25) is 0 Å². The molecular weight excluding hydrogens is 516 g/mol. The van der Waals surface area contributed by atoms with Gasteiger partial charge in [-0.2, -0.15) is 0 Å². The summed E-state index contributed by atoms with van der Waals surface area (Å²) in [6.45, 7) is 14.2. The lowest BCUT2D eigenvalue weighted by molar-refractivity contribution is -0.0986. The highest BCUT2D eigenvalue weighted by atomic mass is 16.5. The molecule has 1 aliphatic heterocycles. The number of fused-ring (bicyclic) bond motifs is 3. The van der Waals surface area contributed by atoms with Gasteiger partial charge in [0.1, 0.15) is 11.3 Å². The minimum absolute atomic E-state index is 0. The van der Waals surface area contributed by atoms with Crippen LogP contribution in [-0.4, -0.2) is 16.6 Å². The van der Waals surface area contributed by atoms with E-state index in [1.54, 1.807) is 0 Å². The summed E-state index contributed by atoms with van der Waals surface area (Å²) in [5.41, 5.74) is 8.49. The fourth-order valence-electron chi connectivity index (χ4n) is 6.18. The van der Waals surface area contributed by atoms with E-state index in [1.807, 2.05) is 36.4 Å². The van der Waals surface area contributed by atoms with E-state index in [2.05, 4.69) is 89.0 Å². The van der Waals surface area contributed by atoms with Crippen LogP contribution >= 0.6 is 0 Å². The number of oxazole rings is 1. The Morgan fingerprint density at radius 3 is 2.12 bits per heavy atom. The molecule has 0 bridgehead atoms. The molecule has 2 aromatic heterocycles. The van der Waals surface area contributed by atoms with Crippen LogP contribution in [0.3, 0.4) is 0 Å². The van der Waals surface area contributed by atoms with Crippen LogP contribution in [0.15, 0.2) is 83.3 Å². The Morgan fingerprint density at radius 2 is 1.52 bits per heavy atom. The highest BCUT2D eigenvalue weighted by molar-refractivity contribution is 5.88. The monoisotopic (exact) mass is 564 g/mol. The summed E-state index contributed by atoms with van der Waals surface area (Å²) in [6.07, 6.45) is 3.97. The van der Waals surface area contributed by atoms with E-state index < -0.39 is 0 Å². The van der Waals surface area contributed by atoms with Gasteiger partial charge in [-0.15, -0.1) is 0 Å². The van der Waals surface area contributed by atoms with Crippen molar-refractivity contribution in [2.75, 3.05) is 6.61 Å². The van der Waals surface area contributed by atoms with Gasteiger partial charge in [0.15, 0.2) is 11.7 Å². The van der Waals surface area contributed by atoms with Crippen molar-refractivity contribution in [2.24, 2.45) is 11.8 Å². The fourth-order valence-corrected chi connectivity index (χ4v) is 6.18. The number of ether oxygens (including phenoxy) is 1. The molecule has 0 saturated carbocycles. The second kappa shape index (κ2) is 13.6. The molecule has 222 valence electrons. The lowest BCUT2D eigenvalue weighted by Crippen LogP contribution is -2.39. The van der Waals surface area contributed by atoms with Gasteiger partial charge in [0.25, 0.3) is 0 Å². The van der Waals surface area contributed by atoms with E-state index in [4.69, 9.17) is 14.1 Å². The smallest absolute Gasteiger partial charge is 0.195 e. The van der Waals surface area contributed by atoms with Crippen LogP contribution in [0.1, 0.15) is 78.1 Å². The summed E-state index contributed by atoms with van der Waals surface area (Å²) in [4.78, 5) is 8.46. The number of aromatic amines is 1. The summed E-state index contributed by atoms with van der Waals surface area (Å²) >= 11 is 0. The second-order valence-electron chi connectivity index (χ2n) is 11.8. The number of hydrogen-bond acceptors (Lipinski definition) is 3. The average Bonchev–Trinajstić information content (AvgIpc) is 3.60. The maximum absolute atomic E-state index is 6.27. The Kier molecular flexibility index (Phi) is 10.1. The van der Waals surface area contributed by atoms with Gasteiger partial charge in [-0.3, -0.25) is 0 Å². The maximum atomic E-state index is 6.27. The Bertz CT molecular complexity index is 1510. The molecule has 0 saturated heterocycles. The summed E-state index contributed by atoms with van der Waals surface area (Å²) in [7, 11) is 0. The quantitative estimate of drug-likeness (QED) is 0.214. The van der Waals surface area contributed by atoms with Gasteiger partial charge in [-0.05, 0) is 42.2 Å². The third-order valence-corrected chi connectivity index (χ3v) is 8.34. The lowest BCUT2D eigenvalue weighted by Gasteiger charge is -2.40. The first-order valence-corrected chi connectivity index (χ1v) is 15.2.